The van der Waals surface area contributed by atoms with Gasteiger partial charge in [-0.2, -0.15) is 0 Å². The summed E-state index contributed by atoms with van der Waals surface area (Å²) in [7, 11) is 0. The minimum Gasteiger partial charge on any atom is -0.430 e. The fourth-order valence-electron chi connectivity index (χ4n) is 4.99. The molecule has 0 N–H and O–H groups in total. The molecule has 5 heteroatoms. The van der Waals surface area contributed by atoms with Crippen LogP contribution < -0.4 is 0 Å². The predicted octanol–water partition coefficient (Wildman–Crippen LogP) is 2.24. The molecule has 0 amide bonds. The van der Waals surface area contributed by atoms with Crippen molar-refractivity contribution in [1.82, 2.24) is 0 Å². The second-order valence-corrected chi connectivity index (χ2v) is 7.03. The zero-order valence-electron chi connectivity index (χ0n) is 10.6. The first-order valence-electron chi connectivity index (χ1n) is 7.16. The van der Waals surface area contributed by atoms with E-state index in [2.05, 4.69) is 0 Å². The summed E-state index contributed by atoms with van der Waals surface area (Å²) in [6, 6.07) is 0. The van der Waals surface area contributed by atoms with Crippen LogP contribution in [0, 0.1) is 23.7 Å². The van der Waals surface area contributed by atoms with Gasteiger partial charge >= 0.3 is 5.97 Å². The van der Waals surface area contributed by atoms with Crippen molar-refractivity contribution in [3.8, 4) is 0 Å². The number of halogens is 1. The molecule has 1 spiro atoms. The summed E-state index contributed by atoms with van der Waals surface area (Å²) in [5.41, 5.74) is 0. The van der Waals surface area contributed by atoms with E-state index in [1.54, 1.807) is 0 Å². The SMILES string of the molecule is O=C(Cl)CC1OC2(OC1=O)C1CC3CC(C1)CC2C3. The van der Waals surface area contributed by atoms with Gasteiger partial charge in [0.25, 0.3) is 0 Å². The summed E-state index contributed by atoms with van der Waals surface area (Å²) in [5.74, 6) is 1.07. The third-order valence-electron chi connectivity index (χ3n) is 5.47. The Labute approximate surface area is 116 Å². The zero-order valence-corrected chi connectivity index (χ0v) is 11.4. The van der Waals surface area contributed by atoms with E-state index in [0.717, 1.165) is 37.5 Å². The molecule has 1 aliphatic heterocycles. The monoisotopic (exact) mass is 284 g/mol. The van der Waals surface area contributed by atoms with Crippen LogP contribution in [0.15, 0.2) is 0 Å². The van der Waals surface area contributed by atoms with Gasteiger partial charge in [-0.25, -0.2) is 4.79 Å². The Bertz CT molecular complexity index is 419. The first kappa shape index (κ1) is 12.2. The highest BCUT2D eigenvalue weighted by Crippen LogP contribution is 2.61. The van der Waals surface area contributed by atoms with E-state index in [-0.39, 0.29) is 6.42 Å². The average molecular weight is 285 g/mol. The van der Waals surface area contributed by atoms with Gasteiger partial charge < -0.3 is 9.47 Å². The molecular formula is C14H17ClO4. The largest absolute Gasteiger partial charge is 0.430 e. The lowest BCUT2D eigenvalue weighted by molar-refractivity contribution is -0.290. The summed E-state index contributed by atoms with van der Waals surface area (Å²) in [5, 5.41) is -0.539. The van der Waals surface area contributed by atoms with Crippen molar-refractivity contribution in [2.75, 3.05) is 0 Å². The van der Waals surface area contributed by atoms with Gasteiger partial charge in [-0.1, -0.05) is 0 Å². The number of carbonyl (C=O) groups excluding carboxylic acids is 2. The Kier molecular flexibility index (Phi) is 2.53. The summed E-state index contributed by atoms with van der Waals surface area (Å²) in [6.45, 7) is 0. The van der Waals surface area contributed by atoms with Gasteiger partial charge in [-0.3, -0.25) is 4.79 Å². The number of esters is 1. The molecule has 1 heterocycles. The highest BCUT2D eigenvalue weighted by Gasteiger charge is 2.65. The summed E-state index contributed by atoms with van der Waals surface area (Å²) < 4.78 is 11.6. The fourth-order valence-corrected chi connectivity index (χ4v) is 5.13. The van der Waals surface area contributed by atoms with Gasteiger partial charge in [-0.15, -0.1) is 0 Å². The van der Waals surface area contributed by atoms with Gasteiger partial charge in [-0.05, 0) is 55.5 Å². The second-order valence-electron chi connectivity index (χ2n) is 6.61. The zero-order chi connectivity index (χ0) is 13.2. The minimum absolute atomic E-state index is 0.0750. The first-order chi connectivity index (χ1) is 9.07. The van der Waals surface area contributed by atoms with Gasteiger partial charge in [0.05, 0.1) is 6.42 Å². The Hall–Kier alpha value is -0.610. The highest BCUT2D eigenvalue weighted by atomic mass is 35.5. The van der Waals surface area contributed by atoms with Crippen LogP contribution in [0.1, 0.15) is 38.5 Å². The molecule has 1 unspecified atom stereocenters. The molecule has 5 fully saturated rings. The second kappa shape index (κ2) is 3.95. The Balaban J connectivity index is 1.61. The van der Waals surface area contributed by atoms with E-state index in [1.807, 2.05) is 0 Å². The lowest BCUT2D eigenvalue weighted by atomic mass is 9.53. The number of rotatable bonds is 2. The van der Waals surface area contributed by atoms with E-state index < -0.39 is 23.1 Å². The molecule has 0 aromatic rings. The van der Waals surface area contributed by atoms with Crippen LogP contribution in [0.2, 0.25) is 0 Å². The first-order valence-corrected chi connectivity index (χ1v) is 7.53. The van der Waals surface area contributed by atoms with Gasteiger partial charge in [0.1, 0.15) is 0 Å². The number of ether oxygens (including phenoxy) is 2. The van der Waals surface area contributed by atoms with Crippen LogP contribution in [0.25, 0.3) is 0 Å². The van der Waals surface area contributed by atoms with Gasteiger partial charge in [0.15, 0.2) is 6.10 Å². The molecule has 4 nitrogen and oxygen atoms in total. The molecule has 19 heavy (non-hydrogen) atoms. The quantitative estimate of drug-likeness (QED) is 0.576. The van der Waals surface area contributed by atoms with Crippen LogP contribution in [0.4, 0.5) is 0 Å². The maximum absolute atomic E-state index is 11.9. The maximum Gasteiger partial charge on any atom is 0.338 e. The van der Waals surface area contributed by atoms with E-state index in [4.69, 9.17) is 21.1 Å². The molecule has 104 valence electrons. The standard InChI is InChI=1S/C14H17ClO4/c15-12(16)6-11-13(17)19-14(18-11)9-2-7-1-8(4-9)5-10(14)3-7/h7-11H,1-6H2. The molecule has 4 saturated carbocycles. The van der Waals surface area contributed by atoms with Crippen molar-refractivity contribution < 1.29 is 19.1 Å². The minimum atomic E-state index is -0.789. The van der Waals surface area contributed by atoms with Crippen molar-refractivity contribution in [2.24, 2.45) is 23.7 Å². The topological polar surface area (TPSA) is 52.6 Å². The van der Waals surface area contributed by atoms with Crippen molar-refractivity contribution >= 4 is 22.8 Å². The van der Waals surface area contributed by atoms with Crippen molar-refractivity contribution in [2.45, 2.75) is 50.4 Å². The highest BCUT2D eigenvalue weighted by molar-refractivity contribution is 6.63. The molecule has 1 saturated heterocycles. The molecule has 4 bridgehead atoms. The molecule has 1 atom stereocenters. The number of hydrogen-bond acceptors (Lipinski definition) is 4. The maximum atomic E-state index is 11.9. The van der Waals surface area contributed by atoms with Crippen LogP contribution in [-0.4, -0.2) is 23.1 Å². The van der Waals surface area contributed by atoms with E-state index >= 15 is 0 Å². The molecular weight excluding hydrogens is 268 g/mol. The summed E-state index contributed by atoms with van der Waals surface area (Å²) in [6.07, 6.45) is 4.87. The fraction of sp³-hybridized carbons (Fsp3) is 0.857. The van der Waals surface area contributed by atoms with Gasteiger partial charge in [0, 0.05) is 11.8 Å². The van der Waals surface area contributed by atoms with Crippen LogP contribution >= 0.6 is 11.6 Å². The molecule has 5 aliphatic rings. The summed E-state index contributed by atoms with van der Waals surface area (Å²) in [4.78, 5) is 22.9. The van der Waals surface area contributed by atoms with Crippen molar-refractivity contribution in [3.63, 3.8) is 0 Å². The Morgan fingerprint density at radius 1 is 1.16 bits per heavy atom. The molecule has 0 aromatic heterocycles. The van der Waals surface area contributed by atoms with Crippen LogP contribution in [0.3, 0.4) is 0 Å². The number of carbonyl (C=O) groups is 2. The number of hydrogen-bond donors (Lipinski definition) is 0. The smallest absolute Gasteiger partial charge is 0.338 e. The van der Waals surface area contributed by atoms with Crippen LogP contribution in [0.5, 0.6) is 0 Å². The molecule has 5 rings (SSSR count). The summed E-state index contributed by atoms with van der Waals surface area (Å²) >= 11 is 5.37. The van der Waals surface area contributed by atoms with Gasteiger partial charge in [0.2, 0.25) is 11.0 Å². The Morgan fingerprint density at radius 3 is 2.26 bits per heavy atom. The van der Waals surface area contributed by atoms with E-state index in [0.29, 0.717) is 11.8 Å². The van der Waals surface area contributed by atoms with Crippen molar-refractivity contribution in [3.05, 3.63) is 0 Å². The Morgan fingerprint density at radius 2 is 1.74 bits per heavy atom. The molecule has 0 radical (unpaired) electrons. The third kappa shape index (κ3) is 1.69. The van der Waals surface area contributed by atoms with E-state index in [9.17, 15) is 9.59 Å². The average Bonchev–Trinajstić information content (AvgIpc) is 2.63. The normalized spacial score (nSPS) is 50.8. The van der Waals surface area contributed by atoms with Crippen molar-refractivity contribution in [1.29, 1.82) is 0 Å². The third-order valence-corrected chi connectivity index (χ3v) is 5.63. The molecule has 0 aromatic carbocycles. The lowest BCUT2D eigenvalue weighted by Gasteiger charge is -2.57. The lowest BCUT2D eigenvalue weighted by Crippen LogP contribution is -2.58. The van der Waals surface area contributed by atoms with Crippen LogP contribution in [-0.2, 0) is 19.1 Å². The predicted molar refractivity (Wildman–Crippen MR) is 66.2 cm³/mol. The van der Waals surface area contributed by atoms with E-state index in [1.165, 1.54) is 6.42 Å². The molecule has 4 aliphatic carbocycles.